The lowest BCUT2D eigenvalue weighted by molar-refractivity contribution is -0.141. The minimum Gasteiger partial charge on any atom is -0.452 e. The van der Waals surface area contributed by atoms with Crippen LogP contribution in [0.5, 0.6) is 0 Å². The number of allylic oxidation sites excluding steroid dienone is 1. The van der Waals surface area contributed by atoms with Crippen molar-refractivity contribution in [3.05, 3.63) is 24.3 Å². The van der Waals surface area contributed by atoms with Crippen LogP contribution in [-0.4, -0.2) is 23.3 Å². The molecule has 0 radical (unpaired) electrons. The number of ether oxygens (including phenoxy) is 1. The molecule has 0 aromatic heterocycles. The van der Waals surface area contributed by atoms with Crippen LogP contribution in [0.15, 0.2) is 24.3 Å². The van der Waals surface area contributed by atoms with E-state index in [0.717, 1.165) is 0 Å². The van der Waals surface area contributed by atoms with Crippen LogP contribution in [0, 0.1) is 0 Å². The summed E-state index contributed by atoms with van der Waals surface area (Å²) in [6.45, 7) is 1.80. The number of cyclic esters (lactones) is 1. The zero-order valence-electron chi connectivity index (χ0n) is 6.23. The minimum atomic E-state index is -0.720. The summed E-state index contributed by atoms with van der Waals surface area (Å²) in [5, 5.41) is 9.25. The molecule has 0 saturated heterocycles. The largest absolute Gasteiger partial charge is 0.452 e. The summed E-state index contributed by atoms with van der Waals surface area (Å²) < 4.78 is 4.72. The highest BCUT2D eigenvalue weighted by atomic mass is 16.6. The maximum Gasteiger partial charge on any atom is 0.331 e. The lowest BCUT2D eigenvalue weighted by atomic mass is 10.2. The van der Waals surface area contributed by atoms with Crippen molar-refractivity contribution in [1.29, 1.82) is 0 Å². The second-order valence-electron chi connectivity index (χ2n) is 2.28. The van der Waals surface area contributed by atoms with E-state index in [9.17, 15) is 9.90 Å². The van der Waals surface area contributed by atoms with Crippen molar-refractivity contribution in [2.45, 2.75) is 19.1 Å². The third-order valence-electron chi connectivity index (χ3n) is 1.40. The monoisotopic (exact) mass is 154 g/mol. The molecule has 1 aliphatic rings. The van der Waals surface area contributed by atoms with Crippen LogP contribution in [0.3, 0.4) is 0 Å². The van der Waals surface area contributed by atoms with Crippen molar-refractivity contribution in [3.63, 3.8) is 0 Å². The second kappa shape index (κ2) is 3.34. The Morgan fingerprint density at radius 1 is 1.82 bits per heavy atom. The van der Waals surface area contributed by atoms with E-state index < -0.39 is 18.2 Å². The van der Waals surface area contributed by atoms with Gasteiger partial charge in [0.15, 0.2) is 6.10 Å². The molecule has 0 saturated carbocycles. The van der Waals surface area contributed by atoms with E-state index in [0.29, 0.717) is 0 Å². The van der Waals surface area contributed by atoms with Crippen molar-refractivity contribution in [2.24, 2.45) is 0 Å². The number of carbonyl (C=O) groups is 1. The lowest BCUT2D eigenvalue weighted by Crippen LogP contribution is -2.23. The molecule has 1 heterocycles. The summed E-state index contributed by atoms with van der Waals surface area (Å²) in [4.78, 5) is 10.5. The van der Waals surface area contributed by atoms with Crippen LogP contribution < -0.4 is 0 Å². The van der Waals surface area contributed by atoms with E-state index in [1.807, 2.05) is 0 Å². The lowest BCUT2D eigenvalue weighted by Gasteiger charge is -2.11. The molecule has 2 atom stereocenters. The second-order valence-corrected chi connectivity index (χ2v) is 2.28. The van der Waals surface area contributed by atoms with Gasteiger partial charge in [-0.05, 0) is 13.0 Å². The van der Waals surface area contributed by atoms with Crippen LogP contribution >= 0.6 is 0 Å². The van der Waals surface area contributed by atoms with E-state index in [-0.39, 0.29) is 0 Å². The van der Waals surface area contributed by atoms with Crippen molar-refractivity contribution >= 4 is 5.97 Å². The fourth-order valence-electron chi connectivity index (χ4n) is 0.876. The zero-order valence-corrected chi connectivity index (χ0v) is 6.23. The molecule has 3 nitrogen and oxygen atoms in total. The van der Waals surface area contributed by atoms with Gasteiger partial charge in [-0.25, -0.2) is 4.79 Å². The molecule has 0 bridgehead atoms. The molecule has 1 N–H and O–H groups in total. The Hall–Kier alpha value is -1.09. The topological polar surface area (TPSA) is 46.5 Å². The normalized spacial score (nSPS) is 26.0. The van der Waals surface area contributed by atoms with Gasteiger partial charge in [0.1, 0.15) is 6.10 Å². The Morgan fingerprint density at radius 3 is 3.00 bits per heavy atom. The van der Waals surface area contributed by atoms with Gasteiger partial charge in [0.25, 0.3) is 0 Å². The van der Waals surface area contributed by atoms with E-state index >= 15 is 0 Å². The van der Waals surface area contributed by atoms with Gasteiger partial charge in [-0.1, -0.05) is 12.2 Å². The maximum atomic E-state index is 10.5. The molecular formula is C8H10O3. The van der Waals surface area contributed by atoms with E-state index in [2.05, 4.69) is 0 Å². The Bertz CT molecular complexity index is 205. The fourth-order valence-corrected chi connectivity index (χ4v) is 0.876. The first-order valence-corrected chi connectivity index (χ1v) is 3.43. The molecule has 11 heavy (non-hydrogen) atoms. The minimum absolute atomic E-state index is 0.390. The van der Waals surface area contributed by atoms with Gasteiger partial charge in [0, 0.05) is 6.08 Å². The maximum absolute atomic E-state index is 10.5. The van der Waals surface area contributed by atoms with Crippen molar-refractivity contribution < 1.29 is 14.6 Å². The van der Waals surface area contributed by atoms with Crippen LogP contribution in [0.25, 0.3) is 0 Å². The number of aliphatic hydroxyl groups excluding tert-OH is 1. The molecular weight excluding hydrogens is 144 g/mol. The smallest absolute Gasteiger partial charge is 0.331 e. The fraction of sp³-hybridized carbons (Fsp3) is 0.375. The van der Waals surface area contributed by atoms with Crippen molar-refractivity contribution in [2.75, 3.05) is 0 Å². The molecule has 1 rings (SSSR count). The van der Waals surface area contributed by atoms with E-state index in [1.54, 1.807) is 25.2 Å². The van der Waals surface area contributed by atoms with Crippen LogP contribution in [0.2, 0.25) is 0 Å². The molecule has 3 heteroatoms. The number of rotatable bonds is 2. The van der Waals surface area contributed by atoms with Gasteiger partial charge in [0.05, 0.1) is 0 Å². The summed E-state index contributed by atoms with van der Waals surface area (Å²) in [6, 6.07) is 0. The van der Waals surface area contributed by atoms with Gasteiger partial charge < -0.3 is 9.84 Å². The van der Waals surface area contributed by atoms with Crippen molar-refractivity contribution in [1.82, 2.24) is 0 Å². The molecule has 1 aliphatic heterocycles. The molecule has 1 unspecified atom stereocenters. The van der Waals surface area contributed by atoms with Gasteiger partial charge >= 0.3 is 5.97 Å². The molecule has 0 aromatic rings. The highest BCUT2D eigenvalue weighted by molar-refractivity contribution is 5.84. The molecule has 60 valence electrons. The summed E-state index contributed by atoms with van der Waals surface area (Å²) in [5.74, 6) is -0.390. The first-order valence-electron chi connectivity index (χ1n) is 3.43. The highest BCUT2D eigenvalue weighted by Gasteiger charge is 2.22. The molecule has 0 aromatic carbocycles. The Balaban J connectivity index is 2.50. The molecule has 0 amide bonds. The van der Waals surface area contributed by atoms with Crippen LogP contribution in [0.4, 0.5) is 0 Å². The molecule has 0 fully saturated rings. The highest BCUT2D eigenvalue weighted by Crippen LogP contribution is 2.09. The predicted octanol–water partition coefficient (Wildman–Crippen LogP) is 0.405. The quantitative estimate of drug-likeness (QED) is 0.462. The predicted molar refractivity (Wildman–Crippen MR) is 39.8 cm³/mol. The number of hydrogen-bond donors (Lipinski definition) is 1. The Morgan fingerprint density at radius 2 is 2.55 bits per heavy atom. The Kier molecular flexibility index (Phi) is 2.44. The average molecular weight is 154 g/mol. The average Bonchev–Trinajstić information content (AvgIpc) is 2.36. The first kappa shape index (κ1) is 8.01. The number of carbonyl (C=O) groups excluding carboxylic acids is 1. The van der Waals surface area contributed by atoms with Gasteiger partial charge in [-0.2, -0.15) is 0 Å². The summed E-state index contributed by atoms with van der Waals surface area (Å²) >= 11 is 0. The summed E-state index contributed by atoms with van der Waals surface area (Å²) in [6.07, 6.45) is 4.93. The first-order chi connectivity index (χ1) is 5.24. The molecule has 0 spiro atoms. The third kappa shape index (κ3) is 1.91. The van der Waals surface area contributed by atoms with Crippen LogP contribution in [0.1, 0.15) is 6.92 Å². The number of hydrogen-bond acceptors (Lipinski definition) is 3. The van der Waals surface area contributed by atoms with Crippen LogP contribution in [-0.2, 0) is 9.53 Å². The molecule has 0 aliphatic carbocycles. The van der Waals surface area contributed by atoms with E-state index in [1.165, 1.54) is 6.08 Å². The van der Waals surface area contributed by atoms with Gasteiger partial charge in [0.2, 0.25) is 0 Å². The summed E-state index contributed by atoms with van der Waals surface area (Å²) in [5.41, 5.74) is 0. The van der Waals surface area contributed by atoms with Gasteiger partial charge in [-0.3, -0.25) is 0 Å². The number of aliphatic hydroxyl groups is 1. The van der Waals surface area contributed by atoms with E-state index in [4.69, 9.17) is 4.74 Å². The standard InChI is InChI=1S/C8H10O3/c1-2-3-6(9)7-4-5-8(10)11-7/h2-7,9H,1H3/b3-2+/t6?,7-/m1/s1. The third-order valence-corrected chi connectivity index (χ3v) is 1.40. The summed E-state index contributed by atoms with van der Waals surface area (Å²) in [7, 11) is 0. The Labute approximate surface area is 65.0 Å². The van der Waals surface area contributed by atoms with Gasteiger partial charge in [-0.15, -0.1) is 0 Å². The SMILES string of the molecule is C/C=C/C(O)[C@H]1C=CC(=O)O1. The number of esters is 1. The van der Waals surface area contributed by atoms with Crippen molar-refractivity contribution in [3.8, 4) is 0 Å². The zero-order chi connectivity index (χ0) is 8.27.